The number of rotatable bonds is 0. The number of Topliss-reactive ketones (excluding diaryl/α,β-unsaturated/α-hetero) is 1. The Labute approximate surface area is 67.5 Å². The minimum absolute atomic E-state index is 0.363. The molecule has 2 aliphatic rings. The summed E-state index contributed by atoms with van der Waals surface area (Å²) in [6.45, 7) is 0. The Kier molecular flexibility index (Phi) is 1.35. The first-order valence-corrected chi connectivity index (χ1v) is 3.79. The SMILES string of the molecule is O=C1C=CC2=C(N[C]S2)C1=O. The van der Waals surface area contributed by atoms with Crippen LogP contribution in [0.25, 0.3) is 0 Å². The summed E-state index contributed by atoms with van der Waals surface area (Å²) in [5, 5.41) is 2.61. The molecule has 2 rings (SSSR count). The molecule has 11 heavy (non-hydrogen) atoms. The third-order valence-electron chi connectivity index (χ3n) is 1.42. The van der Waals surface area contributed by atoms with Crippen molar-refractivity contribution in [3.05, 3.63) is 28.6 Å². The molecule has 0 fully saturated rings. The van der Waals surface area contributed by atoms with Crippen LogP contribution in [0.5, 0.6) is 0 Å². The molecule has 0 saturated carbocycles. The zero-order valence-corrected chi connectivity index (χ0v) is 6.20. The van der Waals surface area contributed by atoms with E-state index in [0.717, 1.165) is 4.91 Å². The van der Waals surface area contributed by atoms with Gasteiger partial charge in [0.25, 0.3) is 0 Å². The van der Waals surface area contributed by atoms with Crippen LogP contribution < -0.4 is 5.32 Å². The molecule has 0 aromatic rings. The quantitative estimate of drug-likeness (QED) is 0.412. The predicted octanol–water partition coefficient (Wildman–Crippen LogP) is 0.239. The number of ketones is 2. The Bertz CT molecular complexity index is 304. The Morgan fingerprint density at radius 3 is 3.00 bits per heavy atom. The number of allylic oxidation sites excluding steroid dienone is 3. The highest BCUT2D eigenvalue weighted by Crippen LogP contribution is 2.31. The average Bonchev–Trinajstić information content (AvgIpc) is 2.45. The maximum Gasteiger partial charge on any atom is 0.249 e. The number of carbonyl (C=O) groups excluding carboxylic acids is 2. The standard InChI is InChI=1S/C7H3NO2S/c9-4-1-2-5-6(7(4)10)8-3-11-5/h1-2,8H. The summed E-state index contributed by atoms with van der Waals surface area (Å²) in [5.41, 5.74) is 0.363. The predicted molar refractivity (Wildman–Crippen MR) is 40.1 cm³/mol. The minimum Gasteiger partial charge on any atom is -0.361 e. The van der Waals surface area contributed by atoms with Gasteiger partial charge < -0.3 is 5.32 Å². The summed E-state index contributed by atoms with van der Waals surface area (Å²) in [4.78, 5) is 22.6. The van der Waals surface area contributed by atoms with Crippen LogP contribution in [0.3, 0.4) is 0 Å². The van der Waals surface area contributed by atoms with Crippen LogP contribution >= 0.6 is 11.8 Å². The summed E-state index contributed by atoms with van der Waals surface area (Å²) in [7, 11) is 0. The van der Waals surface area contributed by atoms with Crippen molar-refractivity contribution in [2.75, 3.05) is 0 Å². The Balaban J connectivity index is 2.45. The first-order valence-electron chi connectivity index (χ1n) is 2.98. The molecule has 4 heteroatoms. The van der Waals surface area contributed by atoms with E-state index in [1.807, 2.05) is 0 Å². The topological polar surface area (TPSA) is 46.2 Å². The van der Waals surface area contributed by atoms with Gasteiger partial charge in [-0.1, -0.05) is 11.8 Å². The number of carbonyl (C=O) groups is 2. The molecule has 54 valence electrons. The molecule has 0 aromatic carbocycles. The summed E-state index contributed by atoms with van der Waals surface area (Å²) < 4.78 is 0. The number of hydrogen-bond donors (Lipinski definition) is 1. The van der Waals surface area contributed by atoms with Crippen molar-refractivity contribution in [3.8, 4) is 0 Å². The van der Waals surface area contributed by atoms with E-state index < -0.39 is 11.6 Å². The van der Waals surface area contributed by atoms with Crippen LogP contribution in [0, 0.1) is 5.88 Å². The monoisotopic (exact) mass is 165 g/mol. The van der Waals surface area contributed by atoms with Crippen molar-refractivity contribution in [2.45, 2.75) is 0 Å². The van der Waals surface area contributed by atoms with Gasteiger partial charge in [-0.2, -0.15) is 0 Å². The molecule has 0 atom stereocenters. The van der Waals surface area contributed by atoms with Crippen LogP contribution in [-0.2, 0) is 9.59 Å². The molecular formula is C7H3NO2S. The maximum absolute atomic E-state index is 11.0. The van der Waals surface area contributed by atoms with E-state index in [4.69, 9.17) is 0 Å². The fourth-order valence-electron chi connectivity index (χ4n) is 0.880. The van der Waals surface area contributed by atoms with Crippen LogP contribution in [0.15, 0.2) is 22.8 Å². The highest BCUT2D eigenvalue weighted by atomic mass is 32.2. The summed E-state index contributed by atoms with van der Waals surface area (Å²) in [6, 6.07) is 0. The Hall–Kier alpha value is -1.03. The number of hydrogen-bond acceptors (Lipinski definition) is 4. The highest BCUT2D eigenvalue weighted by Gasteiger charge is 2.27. The van der Waals surface area contributed by atoms with Crippen LogP contribution in [-0.4, -0.2) is 11.6 Å². The zero-order chi connectivity index (χ0) is 7.84. The molecule has 0 aromatic heterocycles. The largest absolute Gasteiger partial charge is 0.361 e. The van der Waals surface area contributed by atoms with Gasteiger partial charge in [0, 0.05) is 4.91 Å². The molecule has 2 radical (unpaired) electrons. The Morgan fingerprint density at radius 2 is 2.18 bits per heavy atom. The van der Waals surface area contributed by atoms with Gasteiger partial charge in [-0.05, 0) is 12.2 Å². The average molecular weight is 165 g/mol. The molecule has 0 bridgehead atoms. The second-order valence-corrected chi connectivity index (χ2v) is 2.94. The lowest BCUT2D eigenvalue weighted by Crippen LogP contribution is -2.23. The van der Waals surface area contributed by atoms with Gasteiger partial charge in [-0.25, -0.2) is 0 Å². The fraction of sp³-hybridized carbons (Fsp3) is 0. The summed E-state index contributed by atoms with van der Waals surface area (Å²) in [6.07, 6.45) is 2.90. The van der Waals surface area contributed by atoms with Crippen molar-refractivity contribution in [1.82, 2.24) is 5.32 Å². The smallest absolute Gasteiger partial charge is 0.249 e. The van der Waals surface area contributed by atoms with Crippen LogP contribution in [0.1, 0.15) is 0 Å². The van der Waals surface area contributed by atoms with E-state index in [1.165, 1.54) is 17.8 Å². The number of nitrogens with one attached hydrogen (secondary N) is 1. The maximum atomic E-state index is 11.0. The van der Waals surface area contributed by atoms with E-state index in [1.54, 1.807) is 6.08 Å². The molecule has 0 unspecified atom stereocenters. The van der Waals surface area contributed by atoms with Crippen molar-refractivity contribution in [3.63, 3.8) is 0 Å². The van der Waals surface area contributed by atoms with Crippen molar-refractivity contribution in [2.24, 2.45) is 0 Å². The van der Waals surface area contributed by atoms with E-state index in [0.29, 0.717) is 5.70 Å². The van der Waals surface area contributed by atoms with Gasteiger partial charge in [0.1, 0.15) is 5.70 Å². The normalized spacial score (nSPS) is 22.2. The lowest BCUT2D eigenvalue weighted by molar-refractivity contribution is -0.131. The van der Waals surface area contributed by atoms with Gasteiger partial charge in [-0.15, -0.1) is 0 Å². The zero-order valence-electron chi connectivity index (χ0n) is 5.38. The number of thioether (sulfide) groups is 1. The third kappa shape index (κ3) is 0.903. The minimum atomic E-state index is -0.472. The summed E-state index contributed by atoms with van der Waals surface area (Å²) in [5.74, 6) is 1.74. The highest BCUT2D eigenvalue weighted by molar-refractivity contribution is 8.05. The molecule has 3 nitrogen and oxygen atoms in total. The second-order valence-electron chi connectivity index (χ2n) is 2.10. The van der Waals surface area contributed by atoms with Crippen molar-refractivity contribution in [1.29, 1.82) is 0 Å². The van der Waals surface area contributed by atoms with Gasteiger partial charge in [0.05, 0.1) is 0 Å². The lowest BCUT2D eigenvalue weighted by Gasteiger charge is -2.03. The van der Waals surface area contributed by atoms with Gasteiger partial charge in [0.15, 0.2) is 5.88 Å². The van der Waals surface area contributed by atoms with Crippen LogP contribution in [0.4, 0.5) is 0 Å². The van der Waals surface area contributed by atoms with E-state index in [9.17, 15) is 9.59 Å². The molecule has 0 spiro atoms. The molecule has 0 saturated heterocycles. The van der Waals surface area contributed by atoms with Gasteiger partial charge in [0.2, 0.25) is 11.6 Å². The first kappa shape index (κ1) is 6.67. The second kappa shape index (κ2) is 2.23. The lowest BCUT2D eigenvalue weighted by atomic mass is 10.1. The fourth-order valence-corrected chi connectivity index (χ4v) is 1.53. The first-order chi connectivity index (χ1) is 5.29. The van der Waals surface area contributed by atoms with Crippen molar-refractivity contribution >= 4 is 23.3 Å². The third-order valence-corrected chi connectivity index (χ3v) is 2.18. The molecule has 1 aliphatic carbocycles. The van der Waals surface area contributed by atoms with Crippen molar-refractivity contribution < 1.29 is 9.59 Å². The molecule has 1 heterocycles. The molecule has 1 aliphatic heterocycles. The molecule has 0 amide bonds. The molecular weight excluding hydrogens is 162 g/mol. The molecule has 1 N–H and O–H groups in total. The van der Waals surface area contributed by atoms with E-state index in [2.05, 4.69) is 11.2 Å². The summed E-state index contributed by atoms with van der Waals surface area (Å²) >= 11 is 1.29. The van der Waals surface area contributed by atoms with Gasteiger partial charge >= 0.3 is 0 Å². The van der Waals surface area contributed by atoms with Gasteiger partial charge in [-0.3, -0.25) is 9.59 Å². The van der Waals surface area contributed by atoms with E-state index >= 15 is 0 Å². The Morgan fingerprint density at radius 1 is 1.36 bits per heavy atom. The van der Waals surface area contributed by atoms with Crippen LogP contribution in [0.2, 0.25) is 0 Å². The van der Waals surface area contributed by atoms with E-state index in [-0.39, 0.29) is 0 Å².